The number of benzene rings is 1. The number of carboxylic acid groups (broad SMARTS) is 1. The average molecular weight is 359 g/mol. The molecule has 2 fully saturated rings. The summed E-state index contributed by atoms with van der Waals surface area (Å²) in [5.74, 6) is -0.538. The molecule has 0 aromatic heterocycles. The van der Waals surface area contributed by atoms with Crippen LogP contribution in [0.3, 0.4) is 0 Å². The number of ether oxygens (including phenoxy) is 1. The van der Waals surface area contributed by atoms with Gasteiger partial charge in [-0.25, -0.2) is 0 Å². The fraction of sp³-hybridized carbons (Fsp3) is 0.550. The number of aliphatic carboxylic acids is 1. The summed E-state index contributed by atoms with van der Waals surface area (Å²) in [6.07, 6.45) is 2.99. The molecule has 6 nitrogen and oxygen atoms in total. The van der Waals surface area contributed by atoms with E-state index in [1.54, 1.807) is 31.4 Å². The van der Waals surface area contributed by atoms with E-state index in [1.807, 2.05) is 4.90 Å². The molecule has 0 radical (unpaired) electrons. The maximum absolute atomic E-state index is 12.6. The maximum atomic E-state index is 12.6. The van der Waals surface area contributed by atoms with Crippen LogP contribution in [0.4, 0.5) is 0 Å². The second-order valence-corrected chi connectivity index (χ2v) is 7.24. The molecule has 1 aromatic carbocycles. The van der Waals surface area contributed by atoms with Crippen molar-refractivity contribution in [3.05, 3.63) is 29.8 Å². The van der Waals surface area contributed by atoms with E-state index in [9.17, 15) is 14.4 Å². The zero-order valence-electron chi connectivity index (χ0n) is 15.0. The van der Waals surface area contributed by atoms with Crippen LogP contribution in [0, 0.1) is 17.8 Å². The lowest BCUT2D eigenvalue weighted by Gasteiger charge is -2.33. The van der Waals surface area contributed by atoms with E-state index in [0.29, 0.717) is 50.8 Å². The normalized spacial score (nSPS) is 23.7. The predicted molar refractivity (Wildman–Crippen MR) is 95.1 cm³/mol. The number of hydrogen-bond acceptors (Lipinski definition) is 4. The zero-order valence-corrected chi connectivity index (χ0v) is 15.0. The van der Waals surface area contributed by atoms with Gasteiger partial charge in [-0.2, -0.15) is 0 Å². The second-order valence-electron chi connectivity index (χ2n) is 7.24. The van der Waals surface area contributed by atoms with Crippen LogP contribution >= 0.6 is 0 Å². The summed E-state index contributed by atoms with van der Waals surface area (Å²) in [4.78, 5) is 38.1. The summed E-state index contributed by atoms with van der Waals surface area (Å²) in [5, 5.41) is 9.09. The van der Waals surface area contributed by atoms with Crippen molar-refractivity contribution in [1.82, 2.24) is 4.90 Å². The lowest BCUT2D eigenvalue weighted by Crippen LogP contribution is -2.42. The van der Waals surface area contributed by atoms with Crippen molar-refractivity contribution < 1.29 is 24.2 Å². The van der Waals surface area contributed by atoms with E-state index in [-0.39, 0.29) is 23.5 Å². The van der Waals surface area contributed by atoms with Gasteiger partial charge < -0.3 is 14.7 Å². The number of carboxylic acids is 1. The van der Waals surface area contributed by atoms with Crippen LogP contribution in [-0.2, 0) is 9.59 Å². The van der Waals surface area contributed by atoms with E-state index >= 15 is 0 Å². The molecule has 26 heavy (non-hydrogen) atoms. The highest BCUT2D eigenvalue weighted by atomic mass is 16.5. The first-order valence-electron chi connectivity index (χ1n) is 9.19. The lowest BCUT2D eigenvalue weighted by atomic mass is 9.88. The topological polar surface area (TPSA) is 83.9 Å². The van der Waals surface area contributed by atoms with Crippen molar-refractivity contribution in [2.45, 2.75) is 32.1 Å². The van der Waals surface area contributed by atoms with Gasteiger partial charge in [0, 0.05) is 30.5 Å². The summed E-state index contributed by atoms with van der Waals surface area (Å²) < 4.78 is 5.11. The van der Waals surface area contributed by atoms with Crippen molar-refractivity contribution in [2.24, 2.45) is 17.8 Å². The molecule has 1 amide bonds. The van der Waals surface area contributed by atoms with Gasteiger partial charge in [0.25, 0.3) is 0 Å². The van der Waals surface area contributed by atoms with Crippen LogP contribution in [0.15, 0.2) is 24.3 Å². The molecule has 0 spiro atoms. The number of carbonyl (C=O) groups is 3. The Hall–Kier alpha value is -2.37. The summed E-state index contributed by atoms with van der Waals surface area (Å²) in [5.41, 5.74) is 0.677. The number of amides is 1. The fourth-order valence-corrected chi connectivity index (χ4v) is 4.04. The first kappa shape index (κ1) is 18.4. The molecule has 6 heteroatoms. The maximum Gasteiger partial charge on any atom is 0.306 e. The van der Waals surface area contributed by atoms with E-state index in [4.69, 9.17) is 9.84 Å². The van der Waals surface area contributed by atoms with Gasteiger partial charge in [-0.1, -0.05) is 0 Å². The van der Waals surface area contributed by atoms with E-state index in [1.165, 1.54) is 0 Å². The Morgan fingerprint density at radius 1 is 0.962 bits per heavy atom. The Morgan fingerprint density at radius 3 is 2.12 bits per heavy atom. The van der Waals surface area contributed by atoms with Crippen LogP contribution in [0.5, 0.6) is 5.75 Å². The lowest BCUT2D eigenvalue weighted by molar-refractivity contribution is -0.141. The van der Waals surface area contributed by atoms with Crippen molar-refractivity contribution in [3.8, 4) is 5.75 Å². The summed E-state index contributed by atoms with van der Waals surface area (Å²) >= 11 is 0. The van der Waals surface area contributed by atoms with Gasteiger partial charge in [-0.15, -0.1) is 0 Å². The van der Waals surface area contributed by atoms with Crippen LogP contribution < -0.4 is 4.74 Å². The molecule has 1 aromatic rings. The van der Waals surface area contributed by atoms with Gasteiger partial charge in [0.2, 0.25) is 5.91 Å². The second kappa shape index (κ2) is 7.89. The number of methoxy groups -OCH3 is 1. The summed E-state index contributed by atoms with van der Waals surface area (Å²) in [6.45, 7) is 1.14. The van der Waals surface area contributed by atoms with Gasteiger partial charge >= 0.3 is 5.97 Å². The molecule has 1 heterocycles. The van der Waals surface area contributed by atoms with Crippen molar-refractivity contribution in [1.29, 1.82) is 0 Å². The van der Waals surface area contributed by atoms with E-state index in [2.05, 4.69) is 0 Å². The predicted octanol–water partition coefficient (Wildman–Crippen LogP) is 2.62. The molecule has 1 aliphatic carbocycles. The number of piperidine rings is 1. The third-order valence-corrected chi connectivity index (χ3v) is 5.68. The zero-order chi connectivity index (χ0) is 18.7. The molecular formula is C20H25NO5. The third kappa shape index (κ3) is 3.89. The molecule has 3 rings (SSSR count). The number of carbonyl (C=O) groups excluding carboxylic acids is 2. The standard InChI is InChI=1S/C20H25NO5/c1-26-17-6-4-13(5-7-17)18(22)14-8-10-21(11-9-14)19(23)15-2-3-16(12-15)20(24)25/h4-7,14-16H,2-3,8-12H2,1H3,(H,24,25)/t15-,16+/m1/s1. The minimum atomic E-state index is -0.802. The molecule has 1 saturated carbocycles. The van der Waals surface area contributed by atoms with Gasteiger partial charge in [0.15, 0.2) is 5.78 Å². The molecule has 140 valence electrons. The Kier molecular flexibility index (Phi) is 5.59. The molecular weight excluding hydrogens is 334 g/mol. The van der Waals surface area contributed by atoms with E-state index < -0.39 is 11.9 Å². The minimum Gasteiger partial charge on any atom is -0.497 e. The smallest absolute Gasteiger partial charge is 0.306 e. The Bertz CT molecular complexity index is 676. The molecule has 2 atom stereocenters. The number of Topliss-reactive ketones (excluding diaryl/α,β-unsaturated/α-hetero) is 1. The number of rotatable bonds is 5. The number of nitrogens with zero attached hydrogens (tertiary/aromatic N) is 1. The number of hydrogen-bond donors (Lipinski definition) is 1. The third-order valence-electron chi connectivity index (χ3n) is 5.68. The monoisotopic (exact) mass is 359 g/mol. The molecule has 0 unspecified atom stereocenters. The molecule has 1 N–H and O–H groups in total. The van der Waals surface area contributed by atoms with Crippen LogP contribution in [-0.4, -0.2) is 47.9 Å². The molecule has 0 bridgehead atoms. The molecule has 1 aliphatic heterocycles. The van der Waals surface area contributed by atoms with Crippen molar-refractivity contribution >= 4 is 17.7 Å². The van der Waals surface area contributed by atoms with Crippen LogP contribution in [0.25, 0.3) is 0 Å². The summed E-state index contributed by atoms with van der Waals surface area (Å²) in [7, 11) is 1.59. The van der Waals surface area contributed by atoms with Gasteiger partial charge in [-0.05, 0) is 56.4 Å². The quantitative estimate of drug-likeness (QED) is 0.817. The molecule has 1 saturated heterocycles. The van der Waals surface area contributed by atoms with E-state index in [0.717, 1.165) is 5.75 Å². The van der Waals surface area contributed by atoms with Crippen molar-refractivity contribution in [2.75, 3.05) is 20.2 Å². The van der Waals surface area contributed by atoms with Gasteiger partial charge in [-0.3, -0.25) is 14.4 Å². The highest BCUT2D eigenvalue weighted by Crippen LogP contribution is 2.33. The highest BCUT2D eigenvalue weighted by Gasteiger charge is 2.37. The van der Waals surface area contributed by atoms with Gasteiger partial charge in [0.1, 0.15) is 5.75 Å². The van der Waals surface area contributed by atoms with Crippen molar-refractivity contribution in [3.63, 3.8) is 0 Å². The first-order chi connectivity index (χ1) is 12.5. The number of ketones is 1. The van der Waals surface area contributed by atoms with Crippen LogP contribution in [0.2, 0.25) is 0 Å². The van der Waals surface area contributed by atoms with Gasteiger partial charge in [0.05, 0.1) is 13.0 Å². The Labute approximate surface area is 153 Å². The summed E-state index contributed by atoms with van der Waals surface area (Å²) in [6, 6.07) is 7.13. The highest BCUT2D eigenvalue weighted by molar-refractivity contribution is 5.98. The fourth-order valence-electron chi connectivity index (χ4n) is 4.04. The average Bonchev–Trinajstić information content (AvgIpc) is 3.17. The largest absolute Gasteiger partial charge is 0.497 e. The SMILES string of the molecule is COc1ccc(C(=O)C2CCN(C(=O)[C@@H]3CC[C@H](C(=O)O)C3)CC2)cc1. The minimum absolute atomic E-state index is 0.0593. The Morgan fingerprint density at radius 2 is 1.58 bits per heavy atom. The first-order valence-corrected chi connectivity index (χ1v) is 9.19. The van der Waals surface area contributed by atoms with Crippen LogP contribution in [0.1, 0.15) is 42.5 Å². The Balaban J connectivity index is 1.53. The number of likely N-dealkylation sites (tertiary alicyclic amines) is 1. The molecule has 2 aliphatic rings.